The molecule has 2 aliphatic rings. The molecule has 1 heterocycles. The van der Waals surface area contributed by atoms with Crippen LogP contribution < -0.4 is 0 Å². The highest BCUT2D eigenvalue weighted by atomic mass is 16.6. The third kappa shape index (κ3) is 4.53. The van der Waals surface area contributed by atoms with Crippen LogP contribution in [0.15, 0.2) is 11.6 Å². The number of allylic oxidation sites excluding steroid dienone is 1. The van der Waals surface area contributed by atoms with Gasteiger partial charge < -0.3 is 14.6 Å². The van der Waals surface area contributed by atoms with Gasteiger partial charge in [0.15, 0.2) is 0 Å². The molecule has 1 N–H and O–H groups in total. The molecule has 6 nitrogen and oxygen atoms in total. The highest BCUT2D eigenvalue weighted by Crippen LogP contribution is 2.37. The van der Waals surface area contributed by atoms with Gasteiger partial charge in [0.1, 0.15) is 18.0 Å². The van der Waals surface area contributed by atoms with Crippen LogP contribution in [-0.4, -0.2) is 41.1 Å². The Kier molecular flexibility index (Phi) is 6.61. The van der Waals surface area contributed by atoms with E-state index in [4.69, 9.17) is 9.47 Å². The number of ketones is 1. The minimum atomic E-state index is -0.822. The smallest absolute Gasteiger partial charge is 0.334 e. The number of aliphatic hydroxyl groups is 1. The van der Waals surface area contributed by atoms with Crippen LogP contribution in [-0.2, 0) is 23.9 Å². The lowest BCUT2D eigenvalue weighted by Gasteiger charge is -2.35. The van der Waals surface area contributed by atoms with Crippen molar-refractivity contribution in [3.8, 4) is 0 Å². The summed E-state index contributed by atoms with van der Waals surface area (Å²) in [6.45, 7) is 8.97. The lowest BCUT2D eigenvalue weighted by Crippen LogP contribution is -2.42. The van der Waals surface area contributed by atoms with Crippen molar-refractivity contribution in [2.24, 2.45) is 23.7 Å². The van der Waals surface area contributed by atoms with Crippen LogP contribution in [0.2, 0.25) is 0 Å². The molecule has 0 radical (unpaired) electrons. The summed E-state index contributed by atoms with van der Waals surface area (Å²) in [5.74, 6) is -1.93. The maximum Gasteiger partial charge on any atom is 0.334 e. The number of carbonyl (C=O) groups is 3. The summed E-state index contributed by atoms with van der Waals surface area (Å²) in [6.07, 6.45) is 0.959. The Balaban J connectivity index is 2.34. The fourth-order valence-corrected chi connectivity index (χ4v) is 3.68. The lowest BCUT2D eigenvalue weighted by molar-refractivity contribution is -0.167. The molecule has 0 saturated carbocycles. The molecule has 6 unspecified atom stereocenters. The number of esters is 2. The Morgan fingerprint density at radius 2 is 1.92 bits per heavy atom. The zero-order chi connectivity index (χ0) is 19.6. The number of aliphatic hydroxyl groups excluding tert-OH is 1. The molecule has 1 saturated heterocycles. The van der Waals surface area contributed by atoms with Crippen LogP contribution in [0, 0.1) is 23.7 Å². The van der Waals surface area contributed by atoms with Crippen molar-refractivity contribution in [2.75, 3.05) is 0 Å². The van der Waals surface area contributed by atoms with Crippen molar-refractivity contribution in [3.05, 3.63) is 11.6 Å². The van der Waals surface area contributed by atoms with Crippen LogP contribution in [0.25, 0.3) is 0 Å². The van der Waals surface area contributed by atoms with E-state index in [1.54, 1.807) is 19.9 Å². The van der Waals surface area contributed by atoms with Gasteiger partial charge in [0.25, 0.3) is 0 Å². The van der Waals surface area contributed by atoms with Gasteiger partial charge in [-0.05, 0) is 26.2 Å². The molecule has 0 amide bonds. The number of rotatable bonds is 4. The van der Waals surface area contributed by atoms with E-state index in [9.17, 15) is 19.5 Å². The van der Waals surface area contributed by atoms with Gasteiger partial charge in [0.2, 0.25) is 0 Å². The molecule has 26 heavy (non-hydrogen) atoms. The number of hydrogen-bond donors (Lipinski definition) is 1. The number of hydrogen-bond acceptors (Lipinski definition) is 6. The van der Waals surface area contributed by atoms with Gasteiger partial charge in [0, 0.05) is 30.3 Å². The van der Waals surface area contributed by atoms with E-state index in [1.165, 1.54) is 0 Å². The maximum absolute atomic E-state index is 12.4. The Labute approximate surface area is 154 Å². The molecule has 2 rings (SSSR count). The molecule has 146 valence electrons. The number of Topliss-reactive ketones (excluding diaryl/α,β-unsaturated/α-hetero) is 1. The minimum absolute atomic E-state index is 0.0165. The summed E-state index contributed by atoms with van der Waals surface area (Å²) in [7, 11) is 0. The first-order chi connectivity index (χ1) is 12.1. The third-order valence-corrected chi connectivity index (χ3v) is 5.62. The zero-order valence-corrected chi connectivity index (χ0v) is 16.2. The highest BCUT2D eigenvalue weighted by molar-refractivity contribution is 5.92. The quantitative estimate of drug-likeness (QED) is 0.769. The van der Waals surface area contributed by atoms with Crippen molar-refractivity contribution in [1.82, 2.24) is 0 Å². The van der Waals surface area contributed by atoms with E-state index in [1.807, 2.05) is 20.8 Å². The van der Waals surface area contributed by atoms with Gasteiger partial charge in [-0.1, -0.05) is 26.8 Å². The Morgan fingerprint density at radius 1 is 1.27 bits per heavy atom. The molecule has 1 fully saturated rings. The van der Waals surface area contributed by atoms with Crippen molar-refractivity contribution in [3.63, 3.8) is 0 Å². The predicted octanol–water partition coefficient (Wildman–Crippen LogP) is 2.43. The van der Waals surface area contributed by atoms with Gasteiger partial charge in [0.05, 0.1) is 12.0 Å². The van der Waals surface area contributed by atoms with Gasteiger partial charge >= 0.3 is 11.9 Å². The predicted molar refractivity (Wildman–Crippen MR) is 95.0 cm³/mol. The average molecular weight is 366 g/mol. The van der Waals surface area contributed by atoms with Crippen LogP contribution in [0.3, 0.4) is 0 Å². The fraction of sp³-hybridized carbons (Fsp3) is 0.750. The van der Waals surface area contributed by atoms with Crippen molar-refractivity contribution in [2.45, 2.75) is 72.2 Å². The summed E-state index contributed by atoms with van der Waals surface area (Å²) in [6, 6.07) is 0. The number of carbonyl (C=O) groups excluding carboxylic acids is 3. The normalized spacial score (nSPS) is 31.9. The molecule has 0 spiro atoms. The third-order valence-electron chi connectivity index (χ3n) is 5.62. The molecule has 6 heteroatoms. The van der Waals surface area contributed by atoms with E-state index in [0.717, 1.165) is 0 Å². The first-order valence-corrected chi connectivity index (χ1v) is 9.43. The summed E-state index contributed by atoms with van der Waals surface area (Å²) < 4.78 is 11.3. The molecule has 0 aromatic heterocycles. The van der Waals surface area contributed by atoms with E-state index < -0.39 is 24.1 Å². The standard InChI is InChI=1S/C20H30O6/c1-10(2)18-16(25-19(23)12(4)13(5)21)8-11(3)15(22)7-6-14-9-17(18)26-20(14)24/h6,10-13,16-18,21H,7-9H2,1-5H3. The Morgan fingerprint density at radius 3 is 2.50 bits per heavy atom. The summed E-state index contributed by atoms with van der Waals surface area (Å²) in [5.41, 5.74) is 0.533. The van der Waals surface area contributed by atoms with Gasteiger partial charge in [-0.2, -0.15) is 0 Å². The average Bonchev–Trinajstić information content (AvgIpc) is 2.90. The van der Waals surface area contributed by atoms with E-state index in [-0.39, 0.29) is 42.0 Å². The molecule has 1 aliphatic heterocycles. The largest absolute Gasteiger partial charge is 0.462 e. The summed E-state index contributed by atoms with van der Waals surface area (Å²) >= 11 is 0. The van der Waals surface area contributed by atoms with Crippen LogP contribution >= 0.6 is 0 Å². The first kappa shape index (κ1) is 20.6. The molecular weight excluding hydrogens is 336 g/mol. The first-order valence-electron chi connectivity index (χ1n) is 9.43. The Bertz CT molecular complexity index is 591. The fourth-order valence-electron chi connectivity index (χ4n) is 3.68. The Hall–Kier alpha value is -1.69. The zero-order valence-electron chi connectivity index (χ0n) is 16.2. The summed E-state index contributed by atoms with van der Waals surface area (Å²) in [5, 5.41) is 9.68. The van der Waals surface area contributed by atoms with Crippen molar-refractivity contribution >= 4 is 17.7 Å². The van der Waals surface area contributed by atoms with Crippen molar-refractivity contribution in [1.29, 1.82) is 0 Å². The summed E-state index contributed by atoms with van der Waals surface area (Å²) in [4.78, 5) is 37.0. The van der Waals surface area contributed by atoms with Crippen molar-refractivity contribution < 1.29 is 29.0 Å². The highest BCUT2D eigenvalue weighted by Gasteiger charge is 2.43. The number of fused-ring (bicyclic) bond motifs is 2. The van der Waals surface area contributed by atoms with E-state index in [2.05, 4.69) is 0 Å². The van der Waals surface area contributed by atoms with Crippen LogP contribution in [0.1, 0.15) is 53.9 Å². The second-order valence-corrected chi connectivity index (χ2v) is 8.01. The topological polar surface area (TPSA) is 89.9 Å². The molecule has 1 aliphatic carbocycles. The SMILES string of the molecule is CC1CC(OC(=O)C(C)C(C)O)C(C(C)C)C2CC(=CCC1=O)C(=O)O2. The van der Waals surface area contributed by atoms with Crippen LogP contribution in [0.4, 0.5) is 0 Å². The van der Waals surface area contributed by atoms with E-state index >= 15 is 0 Å². The van der Waals surface area contributed by atoms with Gasteiger partial charge in [-0.3, -0.25) is 9.59 Å². The van der Waals surface area contributed by atoms with Gasteiger partial charge in [-0.15, -0.1) is 0 Å². The maximum atomic E-state index is 12.4. The molecule has 6 atom stereocenters. The molecule has 0 aromatic rings. The second-order valence-electron chi connectivity index (χ2n) is 8.01. The second kappa shape index (κ2) is 8.33. The van der Waals surface area contributed by atoms with E-state index in [0.29, 0.717) is 18.4 Å². The van der Waals surface area contributed by atoms with Crippen LogP contribution in [0.5, 0.6) is 0 Å². The van der Waals surface area contributed by atoms with Gasteiger partial charge in [-0.25, -0.2) is 4.79 Å². The number of ether oxygens (including phenoxy) is 2. The molecular formula is C20H30O6. The minimum Gasteiger partial charge on any atom is -0.462 e. The molecule has 2 bridgehead atoms. The monoisotopic (exact) mass is 366 g/mol. The molecule has 0 aromatic carbocycles. The lowest BCUT2D eigenvalue weighted by atomic mass is 9.78.